The van der Waals surface area contributed by atoms with Crippen LogP contribution in [0.4, 0.5) is 0 Å². The van der Waals surface area contributed by atoms with E-state index < -0.39 is 0 Å². The molecule has 3 heterocycles. The standard InChI is InChI=1S/C15H19N3O3/c1-10-13(11(2)21-17-10)9-18-6-5-12(8-18)16-15(19)14-4-3-7-20-14/h3-4,7,12H,5-6,8-9H2,1-2H3,(H,16,19). The minimum atomic E-state index is -0.149. The monoisotopic (exact) mass is 289 g/mol. The number of nitrogens with zero attached hydrogens (tertiary/aromatic N) is 2. The maximum atomic E-state index is 11.9. The Labute approximate surface area is 123 Å². The van der Waals surface area contributed by atoms with Gasteiger partial charge in [-0.3, -0.25) is 9.69 Å². The normalized spacial score (nSPS) is 19.0. The van der Waals surface area contributed by atoms with E-state index >= 15 is 0 Å². The molecule has 3 rings (SSSR count). The number of carbonyl (C=O) groups excluding carboxylic acids is 1. The summed E-state index contributed by atoms with van der Waals surface area (Å²) in [6.07, 6.45) is 2.45. The lowest BCUT2D eigenvalue weighted by Crippen LogP contribution is -2.36. The first-order valence-corrected chi connectivity index (χ1v) is 7.12. The molecular formula is C15H19N3O3. The Morgan fingerprint density at radius 3 is 3.05 bits per heavy atom. The van der Waals surface area contributed by atoms with E-state index in [1.54, 1.807) is 12.1 Å². The third kappa shape index (κ3) is 3.00. The molecule has 1 unspecified atom stereocenters. The highest BCUT2D eigenvalue weighted by atomic mass is 16.5. The van der Waals surface area contributed by atoms with Crippen molar-refractivity contribution in [1.82, 2.24) is 15.4 Å². The van der Waals surface area contributed by atoms with Crippen molar-refractivity contribution in [3.63, 3.8) is 0 Å². The molecule has 1 N–H and O–H groups in total. The number of aryl methyl sites for hydroxylation is 2. The minimum Gasteiger partial charge on any atom is -0.459 e. The van der Waals surface area contributed by atoms with E-state index in [2.05, 4.69) is 15.4 Å². The molecule has 2 aromatic heterocycles. The number of carbonyl (C=O) groups is 1. The molecule has 0 aliphatic carbocycles. The zero-order valence-corrected chi connectivity index (χ0v) is 12.3. The van der Waals surface area contributed by atoms with Crippen molar-refractivity contribution in [2.45, 2.75) is 32.9 Å². The molecular weight excluding hydrogens is 270 g/mol. The van der Waals surface area contributed by atoms with Gasteiger partial charge in [-0.2, -0.15) is 0 Å². The lowest BCUT2D eigenvalue weighted by atomic mass is 10.2. The second kappa shape index (κ2) is 5.73. The third-order valence-corrected chi connectivity index (χ3v) is 3.92. The van der Waals surface area contributed by atoms with Crippen LogP contribution in [0.3, 0.4) is 0 Å². The second-order valence-corrected chi connectivity index (χ2v) is 5.47. The molecule has 1 saturated heterocycles. The average molecular weight is 289 g/mol. The maximum Gasteiger partial charge on any atom is 0.287 e. The summed E-state index contributed by atoms with van der Waals surface area (Å²) in [5.41, 5.74) is 2.09. The van der Waals surface area contributed by atoms with E-state index in [9.17, 15) is 4.79 Å². The summed E-state index contributed by atoms with van der Waals surface area (Å²) in [6, 6.07) is 3.54. The molecule has 0 saturated carbocycles. The number of amides is 1. The SMILES string of the molecule is Cc1noc(C)c1CN1CCC(NC(=O)c2ccco2)C1. The summed E-state index contributed by atoms with van der Waals surface area (Å²) in [5, 5.41) is 6.98. The highest BCUT2D eigenvalue weighted by Crippen LogP contribution is 2.19. The van der Waals surface area contributed by atoms with E-state index in [1.807, 2.05) is 13.8 Å². The Morgan fingerprint density at radius 1 is 1.52 bits per heavy atom. The van der Waals surface area contributed by atoms with E-state index in [4.69, 9.17) is 8.94 Å². The van der Waals surface area contributed by atoms with E-state index in [0.29, 0.717) is 5.76 Å². The minimum absolute atomic E-state index is 0.149. The molecule has 1 amide bonds. The molecule has 2 aromatic rings. The number of nitrogens with one attached hydrogen (secondary N) is 1. The van der Waals surface area contributed by atoms with Gasteiger partial charge < -0.3 is 14.3 Å². The van der Waals surface area contributed by atoms with E-state index in [0.717, 1.165) is 43.1 Å². The number of aromatic nitrogens is 1. The summed E-state index contributed by atoms with van der Waals surface area (Å²) in [5.74, 6) is 1.08. The molecule has 1 atom stereocenters. The number of hydrogen-bond acceptors (Lipinski definition) is 5. The fraction of sp³-hybridized carbons (Fsp3) is 0.467. The van der Waals surface area contributed by atoms with Crippen molar-refractivity contribution < 1.29 is 13.7 Å². The fourth-order valence-electron chi connectivity index (χ4n) is 2.71. The lowest BCUT2D eigenvalue weighted by molar-refractivity contribution is 0.0909. The van der Waals surface area contributed by atoms with Gasteiger partial charge in [-0.05, 0) is 32.4 Å². The average Bonchev–Trinajstić information content (AvgIpc) is 3.17. The van der Waals surface area contributed by atoms with Crippen molar-refractivity contribution in [1.29, 1.82) is 0 Å². The van der Waals surface area contributed by atoms with Crippen LogP contribution in [0.25, 0.3) is 0 Å². The van der Waals surface area contributed by atoms with Gasteiger partial charge in [0.2, 0.25) is 0 Å². The summed E-state index contributed by atoms with van der Waals surface area (Å²) >= 11 is 0. The van der Waals surface area contributed by atoms with Gasteiger partial charge >= 0.3 is 0 Å². The fourth-order valence-corrected chi connectivity index (χ4v) is 2.71. The van der Waals surface area contributed by atoms with Crippen LogP contribution in [-0.4, -0.2) is 35.1 Å². The predicted molar refractivity (Wildman–Crippen MR) is 75.8 cm³/mol. The maximum absolute atomic E-state index is 11.9. The van der Waals surface area contributed by atoms with Gasteiger partial charge in [-0.25, -0.2) is 0 Å². The first kappa shape index (κ1) is 13.9. The van der Waals surface area contributed by atoms with Gasteiger partial charge in [0.05, 0.1) is 12.0 Å². The zero-order chi connectivity index (χ0) is 14.8. The number of furan rings is 1. The molecule has 6 heteroatoms. The number of hydrogen-bond donors (Lipinski definition) is 1. The molecule has 6 nitrogen and oxygen atoms in total. The molecule has 0 aromatic carbocycles. The molecule has 0 radical (unpaired) electrons. The molecule has 112 valence electrons. The van der Waals surface area contributed by atoms with Crippen LogP contribution in [0, 0.1) is 13.8 Å². The Morgan fingerprint density at radius 2 is 2.38 bits per heavy atom. The summed E-state index contributed by atoms with van der Waals surface area (Å²) < 4.78 is 10.3. The highest BCUT2D eigenvalue weighted by Gasteiger charge is 2.26. The van der Waals surface area contributed by atoms with Crippen LogP contribution in [-0.2, 0) is 6.54 Å². The number of rotatable bonds is 4. The Bertz CT molecular complexity index is 599. The van der Waals surface area contributed by atoms with Crippen LogP contribution < -0.4 is 5.32 Å². The smallest absolute Gasteiger partial charge is 0.287 e. The van der Waals surface area contributed by atoms with Gasteiger partial charge in [0, 0.05) is 31.2 Å². The Balaban J connectivity index is 1.55. The Hall–Kier alpha value is -2.08. The first-order chi connectivity index (χ1) is 10.1. The van der Waals surface area contributed by atoms with Crippen molar-refractivity contribution in [2.24, 2.45) is 0 Å². The van der Waals surface area contributed by atoms with Crippen molar-refractivity contribution in [2.75, 3.05) is 13.1 Å². The van der Waals surface area contributed by atoms with Crippen LogP contribution in [0.2, 0.25) is 0 Å². The Kier molecular flexibility index (Phi) is 3.79. The summed E-state index contributed by atoms with van der Waals surface area (Å²) in [4.78, 5) is 14.3. The highest BCUT2D eigenvalue weighted by molar-refractivity contribution is 5.91. The van der Waals surface area contributed by atoms with Gasteiger partial charge in [-0.15, -0.1) is 0 Å². The van der Waals surface area contributed by atoms with Gasteiger partial charge in [0.1, 0.15) is 5.76 Å². The van der Waals surface area contributed by atoms with Gasteiger partial charge in [0.25, 0.3) is 5.91 Å². The van der Waals surface area contributed by atoms with Crippen molar-refractivity contribution in [3.05, 3.63) is 41.2 Å². The topological polar surface area (TPSA) is 71.5 Å². The molecule has 1 aliphatic rings. The molecule has 0 spiro atoms. The summed E-state index contributed by atoms with van der Waals surface area (Å²) in [7, 11) is 0. The predicted octanol–water partition coefficient (Wildman–Crippen LogP) is 1.89. The van der Waals surface area contributed by atoms with Crippen LogP contribution in [0.15, 0.2) is 27.3 Å². The van der Waals surface area contributed by atoms with Crippen LogP contribution >= 0.6 is 0 Å². The summed E-state index contributed by atoms with van der Waals surface area (Å²) in [6.45, 7) is 6.48. The zero-order valence-electron chi connectivity index (χ0n) is 12.3. The van der Waals surface area contributed by atoms with Crippen LogP contribution in [0.1, 0.15) is 34.0 Å². The second-order valence-electron chi connectivity index (χ2n) is 5.47. The lowest BCUT2D eigenvalue weighted by Gasteiger charge is -2.16. The molecule has 1 fully saturated rings. The van der Waals surface area contributed by atoms with Gasteiger partial charge in [-0.1, -0.05) is 5.16 Å². The molecule has 21 heavy (non-hydrogen) atoms. The quantitative estimate of drug-likeness (QED) is 0.930. The number of likely N-dealkylation sites (tertiary alicyclic amines) is 1. The largest absolute Gasteiger partial charge is 0.459 e. The van der Waals surface area contributed by atoms with E-state index in [-0.39, 0.29) is 11.9 Å². The van der Waals surface area contributed by atoms with Gasteiger partial charge in [0.15, 0.2) is 5.76 Å². The molecule has 1 aliphatic heterocycles. The first-order valence-electron chi connectivity index (χ1n) is 7.12. The third-order valence-electron chi connectivity index (χ3n) is 3.92. The van der Waals surface area contributed by atoms with Crippen molar-refractivity contribution in [3.8, 4) is 0 Å². The van der Waals surface area contributed by atoms with Crippen LogP contribution in [0.5, 0.6) is 0 Å². The van der Waals surface area contributed by atoms with Crippen molar-refractivity contribution >= 4 is 5.91 Å². The molecule has 0 bridgehead atoms. The van der Waals surface area contributed by atoms with E-state index in [1.165, 1.54) is 6.26 Å².